The molecule has 0 saturated carbocycles. The lowest BCUT2D eigenvalue weighted by Gasteiger charge is -2.20. The third kappa shape index (κ3) is 7.25. The van der Waals surface area contributed by atoms with E-state index in [1.807, 2.05) is 31.2 Å². The van der Waals surface area contributed by atoms with Gasteiger partial charge in [-0.15, -0.1) is 0 Å². The first kappa shape index (κ1) is 18.2. The van der Waals surface area contributed by atoms with Gasteiger partial charge in [-0.2, -0.15) is 0 Å². The summed E-state index contributed by atoms with van der Waals surface area (Å²) in [5.74, 6) is -0.448. The SMILES string of the molecule is CC(=O)NC(CC(=O)OCCC(C)(C)C)c1ccc(C)cc1. The van der Waals surface area contributed by atoms with Crippen molar-refractivity contribution in [1.29, 1.82) is 0 Å². The Morgan fingerprint density at radius 1 is 1.18 bits per heavy atom. The van der Waals surface area contributed by atoms with Gasteiger partial charge in [0, 0.05) is 6.92 Å². The lowest BCUT2D eigenvalue weighted by atomic mass is 9.93. The summed E-state index contributed by atoms with van der Waals surface area (Å²) >= 11 is 0. The number of aryl methyl sites for hydroxylation is 1. The maximum atomic E-state index is 12.0. The van der Waals surface area contributed by atoms with Crippen molar-refractivity contribution in [3.63, 3.8) is 0 Å². The Morgan fingerprint density at radius 3 is 2.27 bits per heavy atom. The molecule has 1 aromatic rings. The Hall–Kier alpha value is -1.84. The van der Waals surface area contributed by atoms with Crippen LogP contribution in [0.1, 0.15) is 57.7 Å². The number of benzene rings is 1. The van der Waals surface area contributed by atoms with Crippen LogP contribution in [-0.4, -0.2) is 18.5 Å². The predicted octanol–water partition coefficient (Wildman–Crippen LogP) is 3.54. The van der Waals surface area contributed by atoms with Crippen molar-refractivity contribution in [3.05, 3.63) is 35.4 Å². The number of rotatable bonds is 6. The average molecular weight is 305 g/mol. The minimum atomic E-state index is -0.347. The van der Waals surface area contributed by atoms with Crippen LogP contribution in [0.25, 0.3) is 0 Å². The highest BCUT2D eigenvalue weighted by Gasteiger charge is 2.19. The van der Waals surface area contributed by atoms with Crippen molar-refractivity contribution >= 4 is 11.9 Å². The molecule has 0 bridgehead atoms. The average Bonchev–Trinajstić information content (AvgIpc) is 2.36. The van der Waals surface area contributed by atoms with Gasteiger partial charge >= 0.3 is 5.97 Å². The number of ether oxygens (including phenoxy) is 1. The van der Waals surface area contributed by atoms with Crippen molar-refractivity contribution < 1.29 is 14.3 Å². The molecule has 1 amide bonds. The molecule has 122 valence electrons. The molecule has 0 radical (unpaired) electrons. The molecular formula is C18H27NO3. The van der Waals surface area contributed by atoms with E-state index in [2.05, 4.69) is 26.1 Å². The molecule has 0 aliphatic heterocycles. The number of nitrogens with one attached hydrogen (secondary N) is 1. The molecule has 0 aliphatic carbocycles. The predicted molar refractivity (Wildman–Crippen MR) is 87.4 cm³/mol. The highest BCUT2D eigenvalue weighted by Crippen LogP contribution is 2.20. The third-order valence-electron chi connectivity index (χ3n) is 3.34. The van der Waals surface area contributed by atoms with Crippen molar-refractivity contribution in [2.75, 3.05) is 6.61 Å². The van der Waals surface area contributed by atoms with Crippen LogP contribution in [0, 0.1) is 12.3 Å². The molecule has 4 nitrogen and oxygen atoms in total. The first-order chi connectivity index (χ1) is 10.2. The number of carbonyl (C=O) groups is 2. The van der Waals surface area contributed by atoms with Crippen LogP contribution in [0.15, 0.2) is 24.3 Å². The van der Waals surface area contributed by atoms with E-state index in [-0.39, 0.29) is 29.8 Å². The lowest BCUT2D eigenvalue weighted by molar-refractivity contribution is -0.145. The van der Waals surface area contributed by atoms with E-state index in [1.54, 1.807) is 0 Å². The zero-order valence-corrected chi connectivity index (χ0v) is 14.2. The summed E-state index contributed by atoms with van der Waals surface area (Å²) in [5.41, 5.74) is 2.18. The van der Waals surface area contributed by atoms with E-state index in [0.717, 1.165) is 17.5 Å². The highest BCUT2D eigenvalue weighted by atomic mass is 16.5. The van der Waals surface area contributed by atoms with Gasteiger partial charge in [0.1, 0.15) is 0 Å². The summed E-state index contributed by atoms with van der Waals surface area (Å²) in [7, 11) is 0. The molecule has 0 aliphatic rings. The molecule has 1 unspecified atom stereocenters. The molecule has 0 fully saturated rings. The van der Waals surface area contributed by atoms with Crippen molar-refractivity contribution in [2.45, 2.75) is 53.5 Å². The molecule has 1 atom stereocenters. The van der Waals surface area contributed by atoms with Crippen molar-refractivity contribution in [2.24, 2.45) is 5.41 Å². The summed E-state index contributed by atoms with van der Waals surface area (Å²) in [6, 6.07) is 7.45. The summed E-state index contributed by atoms with van der Waals surface area (Å²) in [6.07, 6.45) is 0.959. The van der Waals surface area contributed by atoms with Crippen LogP contribution < -0.4 is 5.32 Å². The number of hydrogen-bond acceptors (Lipinski definition) is 3. The lowest BCUT2D eigenvalue weighted by Crippen LogP contribution is -2.28. The monoisotopic (exact) mass is 305 g/mol. The Labute approximate surface area is 133 Å². The van der Waals surface area contributed by atoms with E-state index in [1.165, 1.54) is 6.92 Å². The number of esters is 1. The van der Waals surface area contributed by atoms with Gasteiger partial charge in [0.15, 0.2) is 0 Å². The fourth-order valence-electron chi connectivity index (χ4n) is 1.99. The third-order valence-corrected chi connectivity index (χ3v) is 3.34. The molecule has 1 N–H and O–H groups in total. The Balaban J connectivity index is 2.63. The van der Waals surface area contributed by atoms with E-state index >= 15 is 0 Å². The van der Waals surface area contributed by atoms with Gasteiger partial charge in [-0.1, -0.05) is 50.6 Å². The summed E-state index contributed by atoms with van der Waals surface area (Å²) in [5, 5.41) is 2.81. The summed E-state index contributed by atoms with van der Waals surface area (Å²) < 4.78 is 5.29. The molecule has 22 heavy (non-hydrogen) atoms. The van der Waals surface area contributed by atoms with Crippen LogP contribution in [0.2, 0.25) is 0 Å². The maximum Gasteiger partial charge on any atom is 0.308 e. The first-order valence-corrected chi connectivity index (χ1v) is 7.67. The van der Waals surface area contributed by atoms with Crippen LogP contribution in [0.5, 0.6) is 0 Å². The second kappa shape index (κ2) is 7.97. The Bertz CT molecular complexity index is 500. The van der Waals surface area contributed by atoms with Crippen LogP contribution in [0.3, 0.4) is 0 Å². The normalized spacial score (nSPS) is 12.6. The molecule has 4 heteroatoms. The van der Waals surface area contributed by atoms with Gasteiger partial charge in [-0.25, -0.2) is 0 Å². The Morgan fingerprint density at radius 2 is 1.77 bits per heavy atom. The smallest absolute Gasteiger partial charge is 0.308 e. The molecule has 1 rings (SSSR count). The van der Waals surface area contributed by atoms with Gasteiger partial charge in [0.25, 0.3) is 0 Å². The molecule has 0 aromatic heterocycles. The second-order valence-corrected chi connectivity index (χ2v) is 6.90. The van der Waals surface area contributed by atoms with Crippen LogP contribution in [0.4, 0.5) is 0 Å². The van der Waals surface area contributed by atoms with Crippen LogP contribution >= 0.6 is 0 Å². The van der Waals surface area contributed by atoms with E-state index in [9.17, 15) is 9.59 Å². The summed E-state index contributed by atoms with van der Waals surface area (Å²) in [6.45, 7) is 10.2. The van der Waals surface area contributed by atoms with Gasteiger partial charge in [-0.05, 0) is 24.3 Å². The van der Waals surface area contributed by atoms with Crippen LogP contribution in [-0.2, 0) is 14.3 Å². The Kier molecular flexibility index (Phi) is 6.60. The molecule has 1 aromatic carbocycles. The van der Waals surface area contributed by atoms with Gasteiger partial charge in [0.05, 0.1) is 19.1 Å². The van der Waals surface area contributed by atoms with Gasteiger partial charge < -0.3 is 10.1 Å². The largest absolute Gasteiger partial charge is 0.466 e. The van der Waals surface area contributed by atoms with E-state index < -0.39 is 0 Å². The molecule has 0 spiro atoms. The first-order valence-electron chi connectivity index (χ1n) is 7.67. The number of amides is 1. The fourth-order valence-corrected chi connectivity index (χ4v) is 1.99. The minimum Gasteiger partial charge on any atom is -0.466 e. The zero-order valence-electron chi connectivity index (χ0n) is 14.2. The topological polar surface area (TPSA) is 55.4 Å². The maximum absolute atomic E-state index is 12.0. The number of hydrogen-bond donors (Lipinski definition) is 1. The second-order valence-electron chi connectivity index (χ2n) is 6.90. The van der Waals surface area contributed by atoms with Crippen molar-refractivity contribution in [3.8, 4) is 0 Å². The zero-order chi connectivity index (χ0) is 16.8. The standard InChI is InChI=1S/C18H27NO3/c1-13-6-8-15(9-7-13)16(19-14(2)20)12-17(21)22-11-10-18(3,4)5/h6-9,16H,10-12H2,1-5H3,(H,19,20). The van der Waals surface area contributed by atoms with Crippen molar-refractivity contribution in [1.82, 2.24) is 5.32 Å². The molecular weight excluding hydrogens is 278 g/mol. The number of carbonyl (C=O) groups excluding carboxylic acids is 2. The quantitative estimate of drug-likeness (QED) is 0.818. The van der Waals surface area contributed by atoms with Gasteiger partial charge in [-0.3, -0.25) is 9.59 Å². The molecule has 0 saturated heterocycles. The highest BCUT2D eigenvalue weighted by molar-refractivity contribution is 5.76. The van der Waals surface area contributed by atoms with E-state index in [4.69, 9.17) is 4.74 Å². The summed E-state index contributed by atoms with van der Waals surface area (Å²) in [4.78, 5) is 23.3. The fraction of sp³-hybridized carbons (Fsp3) is 0.556. The molecule has 0 heterocycles. The van der Waals surface area contributed by atoms with E-state index in [0.29, 0.717) is 6.61 Å². The van der Waals surface area contributed by atoms with Gasteiger partial charge in [0.2, 0.25) is 5.91 Å². The minimum absolute atomic E-state index is 0.133.